The van der Waals surface area contributed by atoms with E-state index in [0.717, 1.165) is 45.3 Å². The van der Waals surface area contributed by atoms with Crippen LogP contribution in [0.5, 0.6) is 0 Å². The zero-order valence-corrected chi connectivity index (χ0v) is 54.8. The highest BCUT2D eigenvalue weighted by Gasteiger charge is 2.54. The van der Waals surface area contributed by atoms with E-state index in [1.807, 2.05) is 0 Å². The van der Waals surface area contributed by atoms with Gasteiger partial charge in [0.25, 0.3) is 0 Å². The molecule has 2 spiro atoms. The Balaban J connectivity index is 0.690. The van der Waals surface area contributed by atoms with Crippen LogP contribution in [-0.2, 0) is 10.8 Å². The maximum atomic E-state index is 2.50. The van der Waals surface area contributed by atoms with Crippen LogP contribution in [0, 0.1) is 0 Å². The second-order valence-electron chi connectivity index (χ2n) is 26.9. The van der Waals surface area contributed by atoms with Crippen molar-refractivity contribution in [1.82, 2.24) is 0 Å². The Hall–Kier alpha value is -12.9. The van der Waals surface area contributed by atoms with E-state index in [0.29, 0.717) is 0 Å². The van der Waals surface area contributed by atoms with Crippen LogP contribution in [0.2, 0.25) is 0 Å². The molecule has 0 bridgehead atoms. The molecular weight excluding hydrogens is 1210 g/mol. The summed E-state index contributed by atoms with van der Waals surface area (Å²) in [7, 11) is 0. The van der Waals surface area contributed by atoms with Crippen LogP contribution < -0.4 is 9.80 Å². The number of fused-ring (bicyclic) bond motifs is 20. The molecule has 16 aromatic rings. The molecular formula is C98H64N2. The van der Waals surface area contributed by atoms with Gasteiger partial charge in [0.2, 0.25) is 0 Å². The van der Waals surface area contributed by atoms with Crippen molar-refractivity contribution in [1.29, 1.82) is 0 Å². The lowest BCUT2D eigenvalue weighted by Crippen LogP contribution is -2.26. The zero-order valence-electron chi connectivity index (χ0n) is 54.8. The van der Waals surface area contributed by atoms with E-state index in [-0.39, 0.29) is 0 Å². The molecule has 0 heterocycles. The van der Waals surface area contributed by atoms with E-state index < -0.39 is 10.8 Å². The summed E-state index contributed by atoms with van der Waals surface area (Å²) >= 11 is 0. The first kappa shape index (κ1) is 57.4. The molecule has 0 fully saturated rings. The summed E-state index contributed by atoms with van der Waals surface area (Å²) in [6.45, 7) is 0. The fraction of sp³-hybridized carbons (Fsp3) is 0.0204. The van der Waals surface area contributed by atoms with Crippen LogP contribution in [0.1, 0.15) is 44.5 Å². The second-order valence-corrected chi connectivity index (χ2v) is 26.9. The topological polar surface area (TPSA) is 6.48 Å². The molecule has 1 unspecified atom stereocenters. The Morgan fingerprint density at radius 2 is 0.420 bits per heavy atom. The van der Waals surface area contributed by atoms with Gasteiger partial charge >= 0.3 is 0 Å². The van der Waals surface area contributed by atoms with Crippen molar-refractivity contribution in [3.63, 3.8) is 0 Å². The Bertz CT molecular complexity index is 5760. The second kappa shape index (κ2) is 22.9. The van der Waals surface area contributed by atoms with Crippen molar-refractivity contribution in [2.45, 2.75) is 10.8 Å². The van der Waals surface area contributed by atoms with Crippen molar-refractivity contribution in [3.8, 4) is 100 Å². The molecule has 4 aliphatic carbocycles. The largest absolute Gasteiger partial charge is 0.310 e. The fourth-order valence-corrected chi connectivity index (χ4v) is 17.7. The lowest BCUT2D eigenvalue weighted by atomic mass is 9.70. The maximum Gasteiger partial charge on any atom is 0.0726 e. The van der Waals surface area contributed by atoms with Crippen molar-refractivity contribution >= 4 is 34.1 Å². The molecule has 16 aromatic carbocycles. The van der Waals surface area contributed by atoms with Gasteiger partial charge in [-0.3, -0.25) is 0 Å². The number of benzene rings is 16. The third-order valence-corrected chi connectivity index (χ3v) is 21.9. The molecule has 466 valence electrons. The summed E-state index contributed by atoms with van der Waals surface area (Å²) in [5.41, 5.74) is 38.1. The summed E-state index contributed by atoms with van der Waals surface area (Å²) in [6.07, 6.45) is 0. The van der Waals surface area contributed by atoms with Crippen LogP contribution in [-0.4, -0.2) is 0 Å². The molecule has 2 heteroatoms. The standard InChI is InChI=1S/C98H64N2/c1-4-24-65(25-5-1)68-48-55-75(56-49-68)99(76-57-50-69(51-58-76)66-26-6-2-7-27-66)93-46-22-45-92-95(93)83-38-14-19-43-89(83)98(92)87-41-17-12-36-81(87)84-64-74(54-61-90(84)98)72-31-20-30-71(62-72)70-52-59-77(60-53-70)100(78-33-21-32-73(63-78)67-28-8-3-9-29-67)94-47-23-44-91-96(94)82-37-13-18-42-88(82)97(91)85-39-15-10-34-79(85)80-35-11-16-40-86(80)97/h1-64H. The molecule has 4 aliphatic rings. The lowest BCUT2D eigenvalue weighted by molar-refractivity contribution is 0.794. The first-order valence-electron chi connectivity index (χ1n) is 34.8. The summed E-state index contributed by atoms with van der Waals surface area (Å²) in [5, 5.41) is 0. The average Bonchev–Trinajstić information content (AvgIpc) is 1.51. The van der Waals surface area contributed by atoms with Crippen LogP contribution >= 0.6 is 0 Å². The number of hydrogen-bond acceptors (Lipinski definition) is 2. The molecule has 0 saturated carbocycles. The summed E-state index contributed by atoms with van der Waals surface area (Å²) in [5.74, 6) is 0. The van der Waals surface area contributed by atoms with E-state index in [2.05, 4.69) is 398 Å². The summed E-state index contributed by atoms with van der Waals surface area (Å²) in [6, 6.07) is 145. The molecule has 2 nitrogen and oxygen atoms in total. The molecule has 0 radical (unpaired) electrons. The highest BCUT2D eigenvalue weighted by atomic mass is 15.2. The van der Waals surface area contributed by atoms with Crippen LogP contribution in [0.4, 0.5) is 34.1 Å². The van der Waals surface area contributed by atoms with E-state index in [1.165, 1.54) is 134 Å². The molecule has 0 aromatic heterocycles. The molecule has 100 heavy (non-hydrogen) atoms. The lowest BCUT2D eigenvalue weighted by Gasteiger charge is -2.32. The minimum atomic E-state index is -0.565. The first-order chi connectivity index (χ1) is 49.6. The first-order valence-corrected chi connectivity index (χ1v) is 34.8. The zero-order chi connectivity index (χ0) is 65.9. The SMILES string of the molecule is c1ccc(-c2ccc(N(c3ccc(-c4ccccc4)cc3)c3cccc4c3-c3ccccc3C43c4ccccc4-c4cc(-c5cccc(-c6ccc(N(c7cccc(-c8ccccc8)c7)c7cccc8c7-c7ccccc7C87c8ccccc8-c8ccccc87)cc6)c5)ccc43)cc2)cc1. The number of nitrogens with zero attached hydrogens (tertiary/aromatic N) is 2. The molecule has 0 saturated heterocycles. The van der Waals surface area contributed by atoms with Gasteiger partial charge in [0.15, 0.2) is 0 Å². The smallest absolute Gasteiger partial charge is 0.0726 e. The minimum Gasteiger partial charge on any atom is -0.310 e. The Morgan fingerprint density at radius 1 is 0.150 bits per heavy atom. The van der Waals surface area contributed by atoms with Crippen LogP contribution in [0.15, 0.2) is 388 Å². The van der Waals surface area contributed by atoms with Gasteiger partial charge in [-0.25, -0.2) is 0 Å². The minimum absolute atomic E-state index is 0.472. The van der Waals surface area contributed by atoms with Gasteiger partial charge in [0.1, 0.15) is 0 Å². The van der Waals surface area contributed by atoms with Crippen molar-refractivity contribution < 1.29 is 0 Å². The van der Waals surface area contributed by atoms with Crippen molar-refractivity contribution in [3.05, 3.63) is 433 Å². The fourth-order valence-electron chi connectivity index (χ4n) is 17.7. The highest BCUT2D eigenvalue weighted by Crippen LogP contribution is 2.67. The monoisotopic (exact) mass is 1270 g/mol. The van der Waals surface area contributed by atoms with Crippen LogP contribution in [0.3, 0.4) is 0 Å². The van der Waals surface area contributed by atoms with Gasteiger partial charge in [-0.2, -0.15) is 0 Å². The molecule has 20 rings (SSSR count). The van der Waals surface area contributed by atoms with Crippen LogP contribution in [0.25, 0.3) is 100 Å². The van der Waals surface area contributed by atoms with E-state index in [9.17, 15) is 0 Å². The summed E-state index contributed by atoms with van der Waals surface area (Å²) < 4.78 is 0. The van der Waals surface area contributed by atoms with Gasteiger partial charge < -0.3 is 9.80 Å². The van der Waals surface area contributed by atoms with Gasteiger partial charge in [-0.15, -0.1) is 0 Å². The average molecular weight is 1270 g/mol. The summed E-state index contributed by atoms with van der Waals surface area (Å²) in [4.78, 5) is 4.97. The van der Waals surface area contributed by atoms with Crippen molar-refractivity contribution in [2.24, 2.45) is 0 Å². The Morgan fingerprint density at radius 3 is 0.870 bits per heavy atom. The van der Waals surface area contributed by atoms with E-state index in [4.69, 9.17) is 0 Å². The maximum absolute atomic E-state index is 2.50. The molecule has 0 aliphatic heterocycles. The highest BCUT2D eigenvalue weighted by molar-refractivity contribution is 6.04. The number of anilines is 6. The predicted molar refractivity (Wildman–Crippen MR) is 416 cm³/mol. The Kier molecular flexibility index (Phi) is 13.1. The van der Waals surface area contributed by atoms with Gasteiger partial charge in [0, 0.05) is 33.9 Å². The predicted octanol–water partition coefficient (Wildman–Crippen LogP) is 25.6. The van der Waals surface area contributed by atoms with Gasteiger partial charge in [0.05, 0.1) is 22.2 Å². The van der Waals surface area contributed by atoms with Gasteiger partial charge in [-0.1, -0.05) is 315 Å². The third kappa shape index (κ3) is 8.57. The third-order valence-electron chi connectivity index (χ3n) is 21.9. The Labute approximate surface area is 584 Å². The molecule has 0 N–H and O–H groups in total. The quantitative estimate of drug-likeness (QED) is 0.127. The van der Waals surface area contributed by atoms with Gasteiger partial charge in [-0.05, 0) is 206 Å². The normalized spacial score (nSPS) is 14.1. The molecule has 1 atom stereocenters. The number of hydrogen-bond donors (Lipinski definition) is 0. The van der Waals surface area contributed by atoms with E-state index >= 15 is 0 Å². The van der Waals surface area contributed by atoms with E-state index in [1.54, 1.807) is 0 Å². The number of rotatable bonds is 11. The molecule has 0 amide bonds. The van der Waals surface area contributed by atoms with Crippen molar-refractivity contribution in [2.75, 3.05) is 9.80 Å².